The lowest BCUT2D eigenvalue weighted by Gasteiger charge is -2.17. The van der Waals surface area contributed by atoms with Gasteiger partial charge >= 0.3 is 0 Å². The van der Waals surface area contributed by atoms with Crippen LogP contribution in [0.3, 0.4) is 0 Å². The average Bonchev–Trinajstić information content (AvgIpc) is 2.04. The summed E-state index contributed by atoms with van der Waals surface area (Å²) in [5, 5.41) is 8.38. The smallest absolute Gasteiger partial charge is 0.154 e. The molecule has 0 aromatic rings. The average molecular weight is 179 g/mol. The maximum absolute atomic E-state index is 11.1. The quantitative estimate of drug-likeness (QED) is 0.534. The monoisotopic (exact) mass is 179 g/mol. The Morgan fingerprint density at radius 3 is 2.45 bits per heavy atom. The fraction of sp³-hybridized carbons (Fsp3) is 1.00. The Labute approximate surface area is 66.3 Å². The van der Waals surface area contributed by atoms with Crippen molar-refractivity contribution in [3.63, 3.8) is 0 Å². The highest BCUT2D eigenvalue weighted by atomic mass is 32.2. The van der Waals surface area contributed by atoms with Gasteiger partial charge in [-0.2, -0.15) is 0 Å². The Morgan fingerprint density at radius 2 is 2.27 bits per heavy atom. The highest BCUT2D eigenvalue weighted by Crippen LogP contribution is 2.26. The van der Waals surface area contributed by atoms with E-state index in [1.165, 1.54) is 0 Å². The van der Waals surface area contributed by atoms with Crippen LogP contribution in [0, 0.1) is 0 Å². The molecule has 5 heteroatoms. The lowest BCUT2D eigenvalue weighted by Crippen LogP contribution is -2.44. The summed E-state index contributed by atoms with van der Waals surface area (Å²) in [6, 6.07) is 0. The van der Waals surface area contributed by atoms with Crippen molar-refractivity contribution in [3.8, 4) is 0 Å². The van der Waals surface area contributed by atoms with E-state index < -0.39 is 20.6 Å². The molecule has 0 bridgehead atoms. The van der Waals surface area contributed by atoms with Gasteiger partial charge < -0.3 is 10.8 Å². The lowest BCUT2D eigenvalue weighted by atomic mass is 9.99. The first-order valence-corrected chi connectivity index (χ1v) is 5.22. The number of sulfone groups is 1. The molecule has 1 aliphatic heterocycles. The minimum atomic E-state index is -3.03. The normalized spacial score (nSPS) is 42.6. The molecule has 66 valence electrons. The van der Waals surface area contributed by atoms with Crippen LogP contribution in [0.4, 0.5) is 0 Å². The molecule has 2 unspecified atom stereocenters. The van der Waals surface area contributed by atoms with Crippen molar-refractivity contribution in [1.82, 2.24) is 0 Å². The molecule has 0 aromatic heterocycles. The largest absolute Gasteiger partial charge is 0.394 e. The van der Waals surface area contributed by atoms with Crippen LogP contribution in [0.25, 0.3) is 0 Å². The van der Waals surface area contributed by atoms with E-state index in [0.29, 0.717) is 6.42 Å². The first-order chi connectivity index (χ1) is 4.90. The summed E-state index contributed by atoms with van der Waals surface area (Å²) in [4.78, 5) is 0. The molecule has 2 atom stereocenters. The van der Waals surface area contributed by atoms with Crippen molar-refractivity contribution < 1.29 is 13.5 Å². The van der Waals surface area contributed by atoms with Gasteiger partial charge in [0.1, 0.15) is 0 Å². The molecule has 0 saturated carbocycles. The van der Waals surface area contributed by atoms with Crippen molar-refractivity contribution in [2.45, 2.75) is 24.1 Å². The molecular weight excluding hydrogens is 166 g/mol. The summed E-state index contributed by atoms with van der Waals surface area (Å²) in [6.07, 6.45) is 0.367. The van der Waals surface area contributed by atoms with Gasteiger partial charge in [-0.1, -0.05) is 0 Å². The highest BCUT2D eigenvalue weighted by Gasteiger charge is 2.43. The fourth-order valence-corrected chi connectivity index (χ4v) is 3.29. The maximum atomic E-state index is 11.1. The van der Waals surface area contributed by atoms with E-state index in [4.69, 9.17) is 10.8 Å². The van der Waals surface area contributed by atoms with Gasteiger partial charge in [0.2, 0.25) is 0 Å². The Balaban J connectivity index is 2.88. The molecule has 0 aliphatic carbocycles. The second-order valence-corrected chi connectivity index (χ2v) is 5.76. The number of rotatable bonds is 1. The number of aliphatic hydroxyl groups is 1. The van der Waals surface area contributed by atoms with Gasteiger partial charge in [-0.3, -0.25) is 0 Å². The van der Waals surface area contributed by atoms with Gasteiger partial charge in [0.15, 0.2) is 9.84 Å². The Kier molecular flexibility index (Phi) is 1.98. The molecule has 11 heavy (non-hydrogen) atoms. The van der Waals surface area contributed by atoms with Crippen LogP contribution in [-0.4, -0.2) is 36.7 Å². The zero-order valence-corrected chi connectivity index (χ0v) is 7.26. The van der Waals surface area contributed by atoms with Gasteiger partial charge in [-0.25, -0.2) is 8.42 Å². The van der Waals surface area contributed by atoms with E-state index in [1.54, 1.807) is 6.92 Å². The van der Waals surface area contributed by atoms with E-state index in [9.17, 15) is 8.42 Å². The second kappa shape index (κ2) is 2.43. The van der Waals surface area contributed by atoms with Crippen LogP contribution >= 0.6 is 0 Å². The van der Waals surface area contributed by atoms with Crippen LogP contribution in [0.1, 0.15) is 13.3 Å². The molecule has 0 aromatic carbocycles. The summed E-state index contributed by atoms with van der Waals surface area (Å²) >= 11 is 0. The molecule has 1 aliphatic rings. The Bertz CT molecular complexity index is 249. The van der Waals surface area contributed by atoms with E-state index in [-0.39, 0.29) is 12.4 Å². The molecule has 1 rings (SSSR count). The molecule has 0 amide bonds. The van der Waals surface area contributed by atoms with Crippen molar-refractivity contribution in [3.05, 3.63) is 0 Å². The minimum absolute atomic E-state index is 0.0856. The molecule has 0 radical (unpaired) electrons. The lowest BCUT2D eigenvalue weighted by molar-refractivity contribution is 0.209. The van der Waals surface area contributed by atoms with Gasteiger partial charge in [-0.15, -0.1) is 0 Å². The first-order valence-electron chi connectivity index (χ1n) is 3.51. The van der Waals surface area contributed by atoms with Crippen LogP contribution in [0.15, 0.2) is 0 Å². The number of hydrogen-bond donors (Lipinski definition) is 2. The van der Waals surface area contributed by atoms with Crippen LogP contribution in [0.5, 0.6) is 0 Å². The molecule has 1 heterocycles. The molecule has 3 N–H and O–H groups in total. The zero-order chi connectivity index (χ0) is 8.70. The molecular formula is C6H13NO3S. The summed E-state index contributed by atoms with van der Waals surface area (Å²) in [5.74, 6) is -0.0856. The van der Waals surface area contributed by atoms with Crippen molar-refractivity contribution in [1.29, 1.82) is 0 Å². The predicted octanol–water partition coefficient (Wildman–Crippen LogP) is -1.12. The van der Waals surface area contributed by atoms with Crippen molar-refractivity contribution in [2.75, 3.05) is 12.4 Å². The van der Waals surface area contributed by atoms with Gasteiger partial charge in [0.25, 0.3) is 0 Å². The third-order valence-corrected chi connectivity index (χ3v) is 4.48. The summed E-state index contributed by atoms with van der Waals surface area (Å²) in [7, 11) is -3.03. The second-order valence-electron chi connectivity index (χ2n) is 3.34. The molecule has 1 fully saturated rings. The van der Waals surface area contributed by atoms with Crippen LogP contribution in [-0.2, 0) is 9.84 Å². The maximum Gasteiger partial charge on any atom is 0.154 e. The Hall–Kier alpha value is -0.130. The van der Waals surface area contributed by atoms with Gasteiger partial charge in [0, 0.05) is 0 Å². The van der Waals surface area contributed by atoms with Crippen LogP contribution in [0.2, 0.25) is 0 Å². The standard InChI is InChI=1S/C6H13NO3S/c1-5-2-6(7,3-8)4-11(5,9)10/h5,8H,2-4,7H2,1H3. The number of aliphatic hydroxyl groups excluding tert-OH is 1. The molecule has 0 spiro atoms. The SMILES string of the molecule is CC1CC(N)(CO)CS1(=O)=O. The van der Waals surface area contributed by atoms with Crippen LogP contribution < -0.4 is 5.73 Å². The van der Waals surface area contributed by atoms with E-state index >= 15 is 0 Å². The highest BCUT2D eigenvalue weighted by molar-refractivity contribution is 7.92. The first kappa shape index (κ1) is 8.96. The van der Waals surface area contributed by atoms with E-state index in [2.05, 4.69) is 0 Å². The van der Waals surface area contributed by atoms with Gasteiger partial charge in [-0.05, 0) is 13.3 Å². The summed E-state index contributed by atoms with van der Waals surface area (Å²) < 4.78 is 22.3. The fourth-order valence-electron chi connectivity index (χ4n) is 1.41. The summed E-state index contributed by atoms with van der Waals surface area (Å²) in [6.45, 7) is 1.37. The number of hydrogen-bond acceptors (Lipinski definition) is 4. The van der Waals surface area contributed by atoms with E-state index in [0.717, 1.165) is 0 Å². The van der Waals surface area contributed by atoms with Crippen molar-refractivity contribution in [2.24, 2.45) is 5.73 Å². The van der Waals surface area contributed by atoms with Gasteiger partial charge in [0.05, 0.1) is 23.1 Å². The summed E-state index contributed by atoms with van der Waals surface area (Å²) in [5.41, 5.74) is 4.70. The molecule has 1 saturated heterocycles. The topological polar surface area (TPSA) is 80.4 Å². The number of nitrogens with two attached hydrogens (primary N) is 1. The van der Waals surface area contributed by atoms with E-state index in [1.807, 2.05) is 0 Å². The third kappa shape index (κ3) is 1.55. The predicted molar refractivity (Wildman–Crippen MR) is 41.9 cm³/mol. The zero-order valence-electron chi connectivity index (χ0n) is 6.45. The molecule has 4 nitrogen and oxygen atoms in total. The Morgan fingerprint density at radius 1 is 1.73 bits per heavy atom. The third-order valence-electron chi connectivity index (χ3n) is 2.11. The minimum Gasteiger partial charge on any atom is -0.394 e. The van der Waals surface area contributed by atoms with Crippen molar-refractivity contribution >= 4 is 9.84 Å².